The van der Waals surface area contributed by atoms with Gasteiger partial charge in [0.05, 0.1) is 30.5 Å². The maximum Gasteiger partial charge on any atom is 0.253 e. The van der Waals surface area contributed by atoms with Crippen LogP contribution in [0.3, 0.4) is 0 Å². The highest BCUT2D eigenvalue weighted by atomic mass is 32.2. The molecule has 2 aliphatic heterocycles. The van der Waals surface area contributed by atoms with E-state index in [4.69, 9.17) is 8.85 Å². The summed E-state index contributed by atoms with van der Waals surface area (Å²) in [6.45, 7) is -1.57. The smallest absolute Gasteiger partial charge is 0.253 e. The lowest BCUT2D eigenvalue weighted by Gasteiger charge is -2.46. The highest BCUT2D eigenvalue weighted by molar-refractivity contribution is 7.89. The molecule has 4 rings (SSSR count). The number of carbonyl (C=O) groups excluding carboxylic acids is 1. The Morgan fingerprint density at radius 2 is 1.96 bits per heavy atom. The van der Waals surface area contributed by atoms with Gasteiger partial charge in [0.15, 0.2) is 0 Å². The van der Waals surface area contributed by atoms with Gasteiger partial charge in [-0.05, 0) is 25.9 Å². The molecule has 7 nitrogen and oxygen atoms in total. The van der Waals surface area contributed by atoms with Crippen molar-refractivity contribution in [1.29, 1.82) is 0 Å². The van der Waals surface area contributed by atoms with Crippen molar-refractivity contribution in [2.75, 3.05) is 26.4 Å². The Hall–Kier alpha value is -1.90. The van der Waals surface area contributed by atoms with E-state index < -0.39 is 17.0 Å². The third kappa shape index (κ3) is 3.02. The van der Waals surface area contributed by atoms with Crippen LogP contribution in [0.2, 0.25) is 0 Å². The van der Waals surface area contributed by atoms with E-state index in [2.05, 4.69) is 5.32 Å². The third-order valence-corrected chi connectivity index (χ3v) is 6.15. The van der Waals surface area contributed by atoms with Crippen molar-refractivity contribution in [2.45, 2.75) is 31.0 Å². The first-order valence-corrected chi connectivity index (χ1v) is 10.4. The van der Waals surface area contributed by atoms with Crippen molar-refractivity contribution >= 4 is 26.8 Å². The Morgan fingerprint density at radius 1 is 1.27 bits per heavy atom. The van der Waals surface area contributed by atoms with Crippen molar-refractivity contribution in [3.05, 3.63) is 36.0 Å². The standard InChI is InChI=1S/C18H23N3O4S/c1-20-13-7-12(8-14(20)11-25-10-13)19-18(22)16-9-21(26(2,23)24)17-6-4-3-5-15(16)17/h3-6,9,12-14H,7-8,10-11H2,1-2H3,(H,19,22)/t12-,13-,14+/i1D3. The van der Waals surface area contributed by atoms with E-state index in [1.807, 2.05) is 0 Å². The molecule has 2 saturated heterocycles. The van der Waals surface area contributed by atoms with Gasteiger partial charge in [-0.3, -0.25) is 9.69 Å². The maximum absolute atomic E-state index is 13.0. The molecular weight excluding hydrogens is 354 g/mol. The lowest BCUT2D eigenvalue weighted by molar-refractivity contribution is -0.0670. The van der Waals surface area contributed by atoms with E-state index in [1.54, 1.807) is 24.3 Å². The van der Waals surface area contributed by atoms with Gasteiger partial charge in [0, 0.05) is 33.8 Å². The molecule has 26 heavy (non-hydrogen) atoms. The van der Waals surface area contributed by atoms with Crippen LogP contribution < -0.4 is 5.32 Å². The van der Waals surface area contributed by atoms with Gasteiger partial charge in [-0.1, -0.05) is 18.2 Å². The number of nitrogens with zero attached hydrogens (tertiary/aromatic N) is 2. The molecule has 2 bridgehead atoms. The fourth-order valence-corrected chi connectivity index (χ4v) is 4.71. The van der Waals surface area contributed by atoms with E-state index in [9.17, 15) is 13.2 Å². The molecule has 0 unspecified atom stereocenters. The number of ether oxygens (including phenoxy) is 1. The van der Waals surface area contributed by atoms with Gasteiger partial charge in [0.2, 0.25) is 10.0 Å². The van der Waals surface area contributed by atoms with E-state index in [0.717, 1.165) is 10.2 Å². The second-order valence-corrected chi connectivity index (χ2v) is 8.87. The van der Waals surface area contributed by atoms with Crippen molar-refractivity contribution in [1.82, 2.24) is 14.2 Å². The first kappa shape index (κ1) is 14.2. The van der Waals surface area contributed by atoms with Crippen LogP contribution in [0.4, 0.5) is 0 Å². The molecule has 1 aromatic carbocycles. The van der Waals surface area contributed by atoms with Crippen LogP contribution in [0.25, 0.3) is 10.9 Å². The van der Waals surface area contributed by atoms with Gasteiger partial charge < -0.3 is 10.1 Å². The van der Waals surface area contributed by atoms with Crippen molar-refractivity contribution in [3.8, 4) is 0 Å². The minimum atomic E-state index is -3.56. The fraction of sp³-hybridized carbons (Fsp3) is 0.500. The monoisotopic (exact) mass is 380 g/mol. The molecule has 8 heteroatoms. The number of morpholine rings is 1. The van der Waals surface area contributed by atoms with Gasteiger partial charge in [0.25, 0.3) is 5.91 Å². The number of benzene rings is 1. The summed E-state index contributed by atoms with van der Waals surface area (Å²) in [6.07, 6.45) is 3.36. The van der Waals surface area contributed by atoms with Crippen LogP contribution in [0, 0.1) is 0 Å². The van der Waals surface area contributed by atoms with Crippen LogP contribution in [-0.4, -0.2) is 67.8 Å². The second-order valence-electron chi connectivity index (χ2n) is 7.01. The Kier molecular flexibility index (Phi) is 3.48. The summed E-state index contributed by atoms with van der Waals surface area (Å²) < 4.78 is 54.1. The highest BCUT2D eigenvalue weighted by Crippen LogP contribution is 2.27. The van der Waals surface area contributed by atoms with Gasteiger partial charge >= 0.3 is 0 Å². The summed E-state index contributed by atoms with van der Waals surface area (Å²) in [5, 5.41) is 3.53. The summed E-state index contributed by atoms with van der Waals surface area (Å²) >= 11 is 0. The lowest BCUT2D eigenvalue weighted by atomic mass is 9.90. The molecule has 140 valence electrons. The Bertz CT molecular complexity index is 1040. The van der Waals surface area contributed by atoms with Gasteiger partial charge in [-0.25, -0.2) is 12.4 Å². The molecule has 1 aromatic heterocycles. The quantitative estimate of drug-likeness (QED) is 0.861. The van der Waals surface area contributed by atoms with E-state index in [1.165, 1.54) is 11.1 Å². The number of hydrogen-bond acceptors (Lipinski definition) is 5. The number of aromatic nitrogens is 1. The largest absolute Gasteiger partial charge is 0.378 e. The first-order valence-electron chi connectivity index (χ1n) is 10.0. The first-order chi connectivity index (χ1) is 13.6. The van der Waals surface area contributed by atoms with Crippen molar-refractivity contribution in [2.24, 2.45) is 0 Å². The number of fused-ring (bicyclic) bond motifs is 3. The molecule has 2 aromatic rings. The van der Waals surface area contributed by atoms with Crippen molar-refractivity contribution < 1.29 is 22.1 Å². The molecule has 2 fully saturated rings. The average molecular weight is 380 g/mol. The number of carbonyl (C=O) groups is 1. The topological polar surface area (TPSA) is 80.6 Å². The zero-order chi connectivity index (χ0) is 21.0. The zero-order valence-corrected chi connectivity index (χ0v) is 15.2. The van der Waals surface area contributed by atoms with Crippen LogP contribution in [-0.2, 0) is 14.8 Å². The van der Waals surface area contributed by atoms with E-state index >= 15 is 0 Å². The number of hydrogen-bond donors (Lipinski definition) is 1. The van der Waals surface area contributed by atoms with Crippen LogP contribution in [0.1, 0.15) is 27.3 Å². The number of para-hydroxylation sites is 1. The average Bonchev–Trinajstić information content (AvgIpc) is 3.00. The number of nitrogens with one attached hydrogen (secondary N) is 1. The predicted molar refractivity (Wildman–Crippen MR) is 98.8 cm³/mol. The molecule has 0 saturated carbocycles. The molecule has 3 heterocycles. The SMILES string of the molecule is [2H]C([2H])([2H])N1[C@@H]2COC[C@H]1C[C@@H](NC(=O)c1cn(S(C)(=O)=O)c3ccccc13)C2. The van der Waals surface area contributed by atoms with Gasteiger partial charge in [-0.2, -0.15) is 0 Å². The molecule has 2 aliphatic rings. The molecular formula is C18H23N3O4S. The van der Waals surface area contributed by atoms with Crippen LogP contribution >= 0.6 is 0 Å². The van der Waals surface area contributed by atoms with Gasteiger partial charge in [-0.15, -0.1) is 0 Å². The lowest BCUT2D eigenvalue weighted by Crippen LogP contribution is -2.59. The Morgan fingerprint density at radius 3 is 2.62 bits per heavy atom. The summed E-state index contributed by atoms with van der Waals surface area (Å²) in [6, 6.07) is 6.05. The molecule has 0 aliphatic carbocycles. The number of likely N-dealkylation sites (N-methyl/N-ethyl adjacent to an activating group) is 1. The summed E-state index contributed by atoms with van der Waals surface area (Å²) in [5.41, 5.74) is 0.730. The van der Waals surface area contributed by atoms with Crippen LogP contribution in [0.5, 0.6) is 0 Å². The van der Waals surface area contributed by atoms with E-state index in [-0.39, 0.29) is 29.6 Å². The normalized spacial score (nSPS) is 29.0. The minimum Gasteiger partial charge on any atom is -0.378 e. The zero-order valence-electron chi connectivity index (χ0n) is 17.4. The number of piperidine rings is 1. The third-order valence-electron chi connectivity index (χ3n) is 5.14. The fourth-order valence-electron chi connectivity index (χ4n) is 3.90. The molecule has 0 spiro atoms. The second kappa shape index (κ2) is 6.37. The number of amides is 1. The molecule has 0 radical (unpaired) electrons. The predicted octanol–water partition coefficient (Wildman–Crippen LogP) is 1.04. The Balaban J connectivity index is 1.58. The summed E-state index contributed by atoms with van der Waals surface area (Å²) in [4.78, 5) is 14.5. The molecule has 1 amide bonds. The van der Waals surface area contributed by atoms with Gasteiger partial charge in [0.1, 0.15) is 0 Å². The summed E-state index contributed by atoms with van der Waals surface area (Å²) in [5.74, 6) is -0.366. The number of rotatable bonds is 3. The minimum absolute atomic E-state index is 0.208. The highest BCUT2D eigenvalue weighted by Gasteiger charge is 2.37. The Labute approximate surface area is 157 Å². The molecule has 3 atom stereocenters. The van der Waals surface area contributed by atoms with Crippen LogP contribution in [0.15, 0.2) is 30.5 Å². The molecule has 1 N–H and O–H groups in total. The summed E-state index contributed by atoms with van der Waals surface area (Å²) in [7, 11) is -3.56. The van der Waals surface area contributed by atoms with E-state index in [0.29, 0.717) is 37.0 Å². The maximum atomic E-state index is 13.0. The van der Waals surface area contributed by atoms with Crippen molar-refractivity contribution in [3.63, 3.8) is 0 Å².